The van der Waals surface area contributed by atoms with Crippen LogP contribution in [0.1, 0.15) is 6.42 Å². The zero-order chi connectivity index (χ0) is 15.4. The molecule has 1 aliphatic rings. The van der Waals surface area contributed by atoms with Crippen molar-refractivity contribution in [1.29, 1.82) is 0 Å². The van der Waals surface area contributed by atoms with E-state index in [0.29, 0.717) is 24.8 Å². The quantitative estimate of drug-likeness (QED) is 0.908. The van der Waals surface area contributed by atoms with Gasteiger partial charge in [-0.2, -0.15) is 11.8 Å². The van der Waals surface area contributed by atoms with Gasteiger partial charge >= 0.3 is 0 Å². The third-order valence-corrected chi connectivity index (χ3v) is 4.49. The molecule has 1 aliphatic heterocycles. The SMILES string of the molecule is CSCCC(=O)Nc1nc(-c2ccc3c(c2)OCCO3)cs1. The number of anilines is 1. The second-order valence-electron chi connectivity index (χ2n) is 4.69. The van der Waals surface area contributed by atoms with Gasteiger partial charge in [0, 0.05) is 23.1 Å². The summed E-state index contributed by atoms with van der Waals surface area (Å²) in [6.07, 6.45) is 2.48. The van der Waals surface area contributed by atoms with Crippen molar-refractivity contribution in [2.75, 3.05) is 30.5 Å². The summed E-state index contributed by atoms with van der Waals surface area (Å²) in [5.41, 5.74) is 1.77. The number of amides is 1. The number of aromatic nitrogens is 1. The molecule has 0 radical (unpaired) electrons. The molecule has 0 fully saturated rings. The van der Waals surface area contributed by atoms with E-state index in [0.717, 1.165) is 28.5 Å². The van der Waals surface area contributed by atoms with Crippen LogP contribution in [0, 0.1) is 0 Å². The molecule has 0 spiro atoms. The summed E-state index contributed by atoms with van der Waals surface area (Å²) in [6.45, 7) is 1.14. The van der Waals surface area contributed by atoms with E-state index in [2.05, 4.69) is 10.3 Å². The van der Waals surface area contributed by atoms with Crippen molar-refractivity contribution in [2.45, 2.75) is 6.42 Å². The first-order valence-electron chi connectivity index (χ1n) is 6.90. The first-order valence-corrected chi connectivity index (χ1v) is 9.18. The molecule has 1 amide bonds. The molecular weight excluding hydrogens is 320 g/mol. The molecule has 0 aliphatic carbocycles. The maximum atomic E-state index is 11.7. The lowest BCUT2D eigenvalue weighted by Crippen LogP contribution is -2.15. The molecule has 0 saturated carbocycles. The van der Waals surface area contributed by atoms with E-state index < -0.39 is 0 Å². The summed E-state index contributed by atoms with van der Waals surface area (Å²) < 4.78 is 11.1. The van der Waals surface area contributed by atoms with Crippen molar-refractivity contribution in [1.82, 2.24) is 4.98 Å². The molecule has 2 heterocycles. The largest absolute Gasteiger partial charge is 0.486 e. The lowest BCUT2D eigenvalue weighted by Gasteiger charge is -2.18. The summed E-state index contributed by atoms with van der Waals surface area (Å²) in [7, 11) is 0. The van der Waals surface area contributed by atoms with Gasteiger partial charge in [-0.3, -0.25) is 4.79 Å². The lowest BCUT2D eigenvalue weighted by atomic mass is 10.1. The maximum absolute atomic E-state index is 11.7. The molecule has 116 valence electrons. The third-order valence-electron chi connectivity index (χ3n) is 3.12. The molecule has 1 aromatic heterocycles. The van der Waals surface area contributed by atoms with Gasteiger partial charge in [-0.05, 0) is 24.5 Å². The van der Waals surface area contributed by atoms with Crippen LogP contribution in [0.3, 0.4) is 0 Å². The topological polar surface area (TPSA) is 60.5 Å². The second-order valence-corrected chi connectivity index (χ2v) is 6.53. The minimum absolute atomic E-state index is 0.00238. The van der Waals surface area contributed by atoms with Crippen LogP contribution in [0.2, 0.25) is 0 Å². The Morgan fingerprint density at radius 3 is 3.00 bits per heavy atom. The number of ether oxygens (including phenoxy) is 2. The average molecular weight is 336 g/mol. The van der Waals surface area contributed by atoms with Crippen LogP contribution < -0.4 is 14.8 Å². The predicted octanol–water partition coefficient (Wildman–Crippen LogP) is 3.27. The molecule has 3 rings (SSSR count). The Morgan fingerprint density at radius 2 is 2.18 bits per heavy atom. The van der Waals surface area contributed by atoms with Gasteiger partial charge in [-0.1, -0.05) is 0 Å². The number of rotatable bonds is 5. The van der Waals surface area contributed by atoms with Gasteiger partial charge in [0.15, 0.2) is 16.6 Å². The highest BCUT2D eigenvalue weighted by atomic mass is 32.2. The van der Waals surface area contributed by atoms with Crippen molar-refractivity contribution in [3.63, 3.8) is 0 Å². The summed E-state index contributed by atoms with van der Waals surface area (Å²) >= 11 is 3.07. The van der Waals surface area contributed by atoms with Gasteiger partial charge in [0.05, 0.1) is 5.69 Å². The highest BCUT2D eigenvalue weighted by Gasteiger charge is 2.14. The summed E-state index contributed by atoms with van der Waals surface area (Å²) in [5, 5.41) is 5.38. The van der Waals surface area contributed by atoms with E-state index in [1.54, 1.807) is 11.8 Å². The van der Waals surface area contributed by atoms with Crippen molar-refractivity contribution < 1.29 is 14.3 Å². The monoisotopic (exact) mass is 336 g/mol. The number of carbonyl (C=O) groups excluding carboxylic acids is 1. The van der Waals surface area contributed by atoms with Crippen molar-refractivity contribution in [2.24, 2.45) is 0 Å². The summed E-state index contributed by atoms with van der Waals surface area (Å²) in [5.74, 6) is 2.31. The zero-order valence-electron chi connectivity index (χ0n) is 12.1. The number of hydrogen-bond acceptors (Lipinski definition) is 6. The van der Waals surface area contributed by atoms with Crippen LogP contribution in [0.5, 0.6) is 11.5 Å². The van der Waals surface area contributed by atoms with Crippen molar-refractivity contribution >= 4 is 34.1 Å². The fraction of sp³-hybridized carbons (Fsp3) is 0.333. The Labute approximate surface area is 137 Å². The predicted molar refractivity (Wildman–Crippen MR) is 90.2 cm³/mol. The Balaban J connectivity index is 1.72. The Bertz CT molecular complexity index is 673. The van der Waals surface area contributed by atoms with E-state index in [1.165, 1.54) is 11.3 Å². The van der Waals surface area contributed by atoms with Gasteiger partial charge in [0.1, 0.15) is 13.2 Å². The number of thiazole rings is 1. The third kappa shape index (κ3) is 3.53. The van der Waals surface area contributed by atoms with E-state index in [4.69, 9.17) is 9.47 Å². The molecule has 0 unspecified atom stereocenters. The number of fused-ring (bicyclic) bond motifs is 1. The molecule has 0 bridgehead atoms. The smallest absolute Gasteiger partial charge is 0.226 e. The molecule has 1 N–H and O–H groups in total. The summed E-state index contributed by atoms with van der Waals surface area (Å²) in [4.78, 5) is 16.2. The molecule has 1 aromatic carbocycles. The molecule has 0 saturated heterocycles. The van der Waals surface area contributed by atoms with Gasteiger partial charge in [0.25, 0.3) is 0 Å². The number of benzene rings is 1. The maximum Gasteiger partial charge on any atom is 0.226 e. The van der Waals surface area contributed by atoms with Gasteiger partial charge in [0.2, 0.25) is 5.91 Å². The van der Waals surface area contributed by atoms with E-state index in [1.807, 2.05) is 29.8 Å². The number of hydrogen-bond donors (Lipinski definition) is 1. The average Bonchev–Trinajstić information content (AvgIpc) is 3.01. The van der Waals surface area contributed by atoms with Gasteiger partial charge in [-0.15, -0.1) is 11.3 Å². The number of thioether (sulfide) groups is 1. The van der Waals surface area contributed by atoms with Crippen LogP contribution in [0.25, 0.3) is 11.3 Å². The van der Waals surface area contributed by atoms with E-state index >= 15 is 0 Å². The van der Waals surface area contributed by atoms with Crippen LogP contribution in [-0.4, -0.2) is 36.1 Å². The molecule has 7 heteroatoms. The minimum atomic E-state index is -0.00238. The van der Waals surface area contributed by atoms with Gasteiger partial charge in [-0.25, -0.2) is 4.98 Å². The summed E-state index contributed by atoms with van der Waals surface area (Å²) in [6, 6.07) is 5.75. The molecular formula is C15H16N2O3S2. The van der Waals surface area contributed by atoms with Crippen molar-refractivity contribution in [3.8, 4) is 22.8 Å². The zero-order valence-corrected chi connectivity index (χ0v) is 13.8. The first-order chi connectivity index (χ1) is 10.8. The molecule has 0 atom stereocenters. The standard InChI is InChI=1S/C15H16N2O3S2/c1-21-7-4-14(18)17-15-16-11(9-22-15)10-2-3-12-13(8-10)20-6-5-19-12/h2-3,8-9H,4-7H2,1H3,(H,16,17,18). The van der Waals surface area contributed by atoms with Crippen LogP contribution in [-0.2, 0) is 4.79 Å². The van der Waals surface area contributed by atoms with Crippen LogP contribution in [0.15, 0.2) is 23.6 Å². The van der Waals surface area contributed by atoms with E-state index in [9.17, 15) is 4.79 Å². The molecule has 2 aromatic rings. The van der Waals surface area contributed by atoms with Crippen LogP contribution >= 0.6 is 23.1 Å². The van der Waals surface area contributed by atoms with Crippen molar-refractivity contribution in [3.05, 3.63) is 23.6 Å². The number of nitrogens with one attached hydrogen (secondary N) is 1. The highest BCUT2D eigenvalue weighted by Crippen LogP contribution is 2.35. The molecule has 5 nitrogen and oxygen atoms in total. The fourth-order valence-corrected chi connectivity index (χ4v) is 3.17. The Kier molecular flexibility index (Phi) is 4.84. The molecule has 22 heavy (non-hydrogen) atoms. The fourth-order valence-electron chi connectivity index (χ4n) is 2.04. The van der Waals surface area contributed by atoms with E-state index in [-0.39, 0.29) is 5.91 Å². The Morgan fingerprint density at radius 1 is 1.36 bits per heavy atom. The van der Waals surface area contributed by atoms with Crippen LogP contribution in [0.4, 0.5) is 5.13 Å². The number of nitrogens with zero attached hydrogens (tertiary/aromatic N) is 1. The van der Waals surface area contributed by atoms with Gasteiger partial charge < -0.3 is 14.8 Å². The Hall–Kier alpha value is -1.73. The highest BCUT2D eigenvalue weighted by molar-refractivity contribution is 7.98. The lowest BCUT2D eigenvalue weighted by molar-refractivity contribution is -0.115. The normalized spacial score (nSPS) is 13.0. The number of carbonyl (C=O) groups is 1. The second kappa shape index (κ2) is 7.02. The first kappa shape index (κ1) is 15.2. The minimum Gasteiger partial charge on any atom is -0.486 e.